The zero-order valence-corrected chi connectivity index (χ0v) is 16.0. The monoisotopic (exact) mass is 393 g/mol. The highest BCUT2D eigenvalue weighted by Gasteiger charge is 2.12. The second-order valence-electron chi connectivity index (χ2n) is 6.64. The fourth-order valence-corrected chi connectivity index (χ4v) is 3.04. The zero-order chi connectivity index (χ0) is 19.9. The molecule has 1 N–H and O–H groups in total. The molecule has 0 radical (unpaired) electrons. The van der Waals surface area contributed by atoms with E-state index in [1.54, 1.807) is 12.1 Å². The number of ether oxygens (including phenoxy) is 2. The fourth-order valence-electron chi connectivity index (χ4n) is 3.04. The Labute approximate surface area is 169 Å². The lowest BCUT2D eigenvalue weighted by atomic mass is 10.2. The summed E-state index contributed by atoms with van der Waals surface area (Å²) in [5, 5.41) is 7.33. The second kappa shape index (κ2) is 9.31. The van der Waals surface area contributed by atoms with Crippen molar-refractivity contribution in [2.45, 2.75) is 0 Å². The van der Waals surface area contributed by atoms with Gasteiger partial charge in [-0.3, -0.25) is 9.69 Å². The van der Waals surface area contributed by atoms with E-state index in [-0.39, 0.29) is 5.91 Å². The Kier molecular flexibility index (Phi) is 6.13. The first-order chi connectivity index (χ1) is 14.3. The van der Waals surface area contributed by atoms with Crippen molar-refractivity contribution in [1.82, 2.24) is 19.7 Å². The number of nitrogens with zero attached hydrogens (tertiary/aromatic N) is 4. The van der Waals surface area contributed by atoms with Gasteiger partial charge in [-0.2, -0.15) is 9.67 Å². The van der Waals surface area contributed by atoms with Crippen molar-refractivity contribution < 1.29 is 14.3 Å². The van der Waals surface area contributed by atoms with Crippen LogP contribution >= 0.6 is 0 Å². The van der Waals surface area contributed by atoms with Crippen molar-refractivity contribution in [3.8, 4) is 5.75 Å². The van der Waals surface area contributed by atoms with E-state index in [2.05, 4.69) is 20.3 Å². The minimum absolute atomic E-state index is 0.230. The van der Waals surface area contributed by atoms with Crippen molar-refractivity contribution >= 4 is 17.5 Å². The Balaban J connectivity index is 1.33. The summed E-state index contributed by atoms with van der Waals surface area (Å²) in [5.41, 5.74) is 1.35. The van der Waals surface area contributed by atoms with Gasteiger partial charge in [0.05, 0.1) is 13.2 Å². The average molecular weight is 393 g/mol. The molecule has 3 aromatic rings. The highest BCUT2D eigenvalue weighted by Crippen LogP contribution is 2.20. The van der Waals surface area contributed by atoms with E-state index in [9.17, 15) is 4.79 Å². The van der Waals surface area contributed by atoms with Gasteiger partial charge >= 0.3 is 0 Å². The summed E-state index contributed by atoms with van der Waals surface area (Å²) in [6.45, 7) is 4.94. The normalized spacial score (nSPS) is 14.5. The van der Waals surface area contributed by atoms with E-state index < -0.39 is 0 Å². The van der Waals surface area contributed by atoms with Crippen LogP contribution in [0.5, 0.6) is 5.75 Å². The predicted octanol–water partition coefficient (Wildman–Crippen LogP) is 2.42. The number of rotatable bonds is 7. The molecule has 1 saturated heterocycles. The number of carbonyl (C=O) groups is 1. The van der Waals surface area contributed by atoms with Crippen molar-refractivity contribution in [1.29, 1.82) is 0 Å². The summed E-state index contributed by atoms with van der Waals surface area (Å²) in [6.07, 6.45) is 1.40. The van der Waals surface area contributed by atoms with Gasteiger partial charge in [-0.05, 0) is 24.3 Å². The summed E-state index contributed by atoms with van der Waals surface area (Å²) in [7, 11) is 0. The van der Waals surface area contributed by atoms with Crippen LogP contribution in [0.4, 0.5) is 11.6 Å². The first-order valence-electron chi connectivity index (χ1n) is 9.59. The number of benzene rings is 2. The molecule has 0 atom stereocenters. The maximum Gasteiger partial charge on any atom is 0.279 e. The van der Waals surface area contributed by atoms with Gasteiger partial charge in [0.1, 0.15) is 18.7 Å². The van der Waals surface area contributed by atoms with E-state index in [1.165, 1.54) is 11.0 Å². The van der Waals surface area contributed by atoms with Gasteiger partial charge in [0.15, 0.2) is 0 Å². The SMILES string of the molecule is O=C(c1ccccc1)n1cnc(Nc2cccc(OCCN3CCOCC3)c2)n1. The van der Waals surface area contributed by atoms with Crippen LogP contribution in [0.15, 0.2) is 60.9 Å². The third kappa shape index (κ3) is 5.18. The molecule has 0 aliphatic carbocycles. The highest BCUT2D eigenvalue weighted by molar-refractivity contribution is 5.95. The van der Waals surface area contributed by atoms with Gasteiger partial charge < -0.3 is 14.8 Å². The molecule has 2 aromatic carbocycles. The smallest absolute Gasteiger partial charge is 0.279 e. The summed E-state index contributed by atoms with van der Waals surface area (Å²) in [5.74, 6) is 0.883. The Bertz CT molecular complexity index is 938. The van der Waals surface area contributed by atoms with Crippen LogP contribution in [0.2, 0.25) is 0 Å². The van der Waals surface area contributed by atoms with Crippen LogP contribution in [0.3, 0.4) is 0 Å². The molecule has 1 aliphatic rings. The molecule has 4 rings (SSSR count). The third-order valence-corrected chi connectivity index (χ3v) is 4.59. The van der Waals surface area contributed by atoms with E-state index in [0.29, 0.717) is 18.1 Å². The second-order valence-corrected chi connectivity index (χ2v) is 6.64. The zero-order valence-electron chi connectivity index (χ0n) is 16.0. The van der Waals surface area contributed by atoms with E-state index in [0.717, 1.165) is 44.3 Å². The molecule has 1 aliphatic heterocycles. The Hall–Kier alpha value is -3.23. The molecule has 8 heteroatoms. The number of nitrogens with one attached hydrogen (secondary N) is 1. The van der Waals surface area contributed by atoms with Crippen molar-refractivity contribution in [3.05, 3.63) is 66.5 Å². The van der Waals surface area contributed by atoms with E-state index in [1.807, 2.05) is 42.5 Å². The van der Waals surface area contributed by atoms with E-state index >= 15 is 0 Å². The molecular weight excluding hydrogens is 370 g/mol. The number of hydrogen-bond acceptors (Lipinski definition) is 7. The molecule has 1 aromatic heterocycles. The van der Waals surface area contributed by atoms with E-state index in [4.69, 9.17) is 9.47 Å². The van der Waals surface area contributed by atoms with Crippen LogP contribution in [0.25, 0.3) is 0 Å². The molecule has 1 fully saturated rings. The molecular formula is C21H23N5O3. The molecule has 8 nitrogen and oxygen atoms in total. The van der Waals surface area contributed by atoms with Gasteiger partial charge in [-0.15, -0.1) is 5.10 Å². The summed E-state index contributed by atoms with van der Waals surface area (Å²) in [6, 6.07) is 16.6. The summed E-state index contributed by atoms with van der Waals surface area (Å²) >= 11 is 0. The summed E-state index contributed by atoms with van der Waals surface area (Å²) < 4.78 is 12.4. The van der Waals surface area contributed by atoms with Crippen LogP contribution in [0, 0.1) is 0 Å². The largest absolute Gasteiger partial charge is 0.492 e. The number of anilines is 2. The molecule has 0 spiro atoms. The maximum absolute atomic E-state index is 12.4. The lowest BCUT2D eigenvalue weighted by Crippen LogP contribution is -2.38. The van der Waals surface area contributed by atoms with Crippen molar-refractivity contribution in [2.24, 2.45) is 0 Å². The van der Waals surface area contributed by atoms with Crippen LogP contribution in [-0.2, 0) is 4.74 Å². The number of carbonyl (C=O) groups excluding carboxylic acids is 1. The van der Waals surface area contributed by atoms with Gasteiger partial charge in [0.25, 0.3) is 5.91 Å². The lowest BCUT2D eigenvalue weighted by Gasteiger charge is -2.26. The third-order valence-electron chi connectivity index (χ3n) is 4.59. The molecule has 29 heavy (non-hydrogen) atoms. The van der Waals surface area contributed by atoms with Gasteiger partial charge in [-0.25, -0.2) is 0 Å². The Morgan fingerprint density at radius 3 is 2.76 bits per heavy atom. The van der Waals surface area contributed by atoms with Crippen LogP contribution in [-0.4, -0.2) is 65.0 Å². The number of aromatic nitrogens is 3. The molecule has 2 heterocycles. The summed E-state index contributed by atoms with van der Waals surface area (Å²) in [4.78, 5) is 18.9. The standard InChI is InChI=1S/C21H23N5O3/c27-20(17-5-2-1-3-6-17)26-16-22-21(24-26)23-18-7-4-8-19(15-18)29-14-11-25-9-12-28-13-10-25/h1-8,15-16H,9-14H2,(H,23,24). The first-order valence-corrected chi connectivity index (χ1v) is 9.59. The molecule has 0 unspecified atom stereocenters. The van der Waals surface area contributed by atoms with Crippen molar-refractivity contribution in [3.63, 3.8) is 0 Å². The van der Waals surface area contributed by atoms with Crippen molar-refractivity contribution in [2.75, 3.05) is 44.8 Å². The van der Waals surface area contributed by atoms with Crippen LogP contribution in [0.1, 0.15) is 10.4 Å². The molecule has 150 valence electrons. The molecule has 0 amide bonds. The average Bonchev–Trinajstić information content (AvgIpc) is 3.23. The minimum atomic E-state index is -0.230. The van der Waals surface area contributed by atoms with Gasteiger partial charge in [-0.1, -0.05) is 24.3 Å². The van der Waals surface area contributed by atoms with Gasteiger partial charge in [0.2, 0.25) is 5.95 Å². The molecule has 0 bridgehead atoms. The fraction of sp³-hybridized carbons (Fsp3) is 0.286. The first kappa shape index (κ1) is 19.1. The maximum atomic E-state index is 12.4. The molecule has 0 saturated carbocycles. The minimum Gasteiger partial charge on any atom is -0.492 e. The quantitative estimate of drug-likeness (QED) is 0.660. The van der Waals surface area contributed by atoms with Crippen LogP contribution < -0.4 is 10.1 Å². The predicted molar refractivity (Wildman–Crippen MR) is 109 cm³/mol. The van der Waals surface area contributed by atoms with Gasteiger partial charge in [0, 0.05) is 37.0 Å². The number of hydrogen-bond donors (Lipinski definition) is 1. The highest BCUT2D eigenvalue weighted by atomic mass is 16.5. The Morgan fingerprint density at radius 2 is 1.93 bits per heavy atom. The topological polar surface area (TPSA) is 81.5 Å². The Morgan fingerprint density at radius 1 is 1.10 bits per heavy atom. The lowest BCUT2D eigenvalue weighted by molar-refractivity contribution is 0.0322. The number of morpholine rings is 1.